The molecule has 5 N–H and O–H groups in total. The third-order valence-corrected chi connectivity index (χ3v) is 4.95. The van der Waals surface area contributed by atoms with Crippen LogP contribution in [0.2, 0.25) is 5.02 Å². The van der Waals surface area contributed by atoms with E-state index in [-0.39, 0.29) is 63.6 Å². The van der Waals surface area contributed by atoms with E-state index >= 15 is 0 Å². The third kappa shape index (κ3) is 4.24. The quantitative estimate of drug-likeness (QED) is 0.405. The molecule has 9 nitrogen and oxygen atoms in total. The number of halogens is 3. The summed E-state index contributed by atoms with van der Waals surface area (Å²) in [5.74, 6) is -1.33. The molecule has 0 saturated heterocycles. The summed E-state index contributed by atoms with van der Waals surface area (Å²) in [5.41, 5.74) is 10.8. The third-order valence-electron chi connectivity index (χ3n) is 4.73. The van der Waals surface area contributed by atoms with E-state index in [1.807, 2.05) is 6.07 Å². The van der Waals surface area contributed by atoms with Gasteiger partial charge in [0.05, 0.1) is 11.2 Å². The molecular weight excluding hydrogens is 454 g/mol. The monoisotopic (exact) mass is 468 g/mol. The molecule has 33 heavy (non-hydrogen) atoms. The van der Waals surface area contributed by atoms with Crippen molar-refractivity contribution in [2.24, 2.45) is 0 Å². The van der Waals surface area contributed by atoms with Gasteiger partial charge in [0, 0.05) is 18.0 Å². The standard InChI is InChI=1S/C21H15ClF2N8O/c22-10-6-11(23)8-12(7-10)32-16(29-15-3-1-2-14(24)17(15)20(32)33)4-5-28-19-13(9-25)18(26)30-21(27)31-19/h1-3,6-8H,4-5H2,(H5,26,27,28,30,31). The van der Waals surface area contributed by atoms with E-state index < -0.39 is 17.2 Å². The Labute approximate surface area is 190 Å². The fourth-order valence-electron chi connectivity index (χ4n) is 3.36. The van der Waals surface area contributed by atoms with E-state index in [2.05, 4.69) is 20.3 Å². The minimum Gasteiger partial charge on any atom is -0.382 e. The van der Waals surface area contributed by atoms with E-state index in [4.69, 9.17) is 23.1 Å². The zero-order chi connectivity index (χ0) is 23.7. The second kappa shape index (κ2) is 8.68. The van der Waals surface area contributed by atoms with Crippen LogP contribution < -0.4 is 22.3 Å². The smallest absolute Gasteiger partial charge is 0.268 e. The molecule has 0 atom stereocenters. The van der Waals surface area contributed by atoms with Gasteiger partial charge in [-0.15, -0.1) is 0 Å². The predicted molar refractivity (Wildman–Crippen MR) is 120 cm³/mol. The molecule has 4 rings (SSSR count). The number of nitrogens with two attached hydrogens (primary N) is 2. The number of nitrogen functional groups attached to an aromatic ring is 2. The molecule has 4 aromatic rings. The van der Waals surface area contributed by atoms with Crippen LogP contribution in [-0.4, -0.2) is 26.1 Å². The fraction of sp³-hybridized carbons (Fsp3) is 0.0952. The molecule has 2 aromatic carbocycles. The summed E-state index contributed by atoms with van der Waals surface area (Å²) < 4.78 is 29.6. The number of nitrogens with one attached hydrogen (secondary N) is 1. The first-order valence-corrected chi connectivity index (χ1v) is 9.90. The molecule has 0 saturated carbocycles. The number of nitrogens with zero attached hydrogens (tertiary/aromatic N) is 5. The van der Waals surface area contributed by atoms with Gasteiger partial charge in [0.2, 0.25) is 5.95 Å². The van der Waals surface area contributed by atoms with Crippen LogP contribution in [0.25, 0.3) is 16.6 Å². The molecule has 0 aliphatic carbocycles. The van der Waals surface area contributed by atoms with Gasteiger partial charge in [-0.25, -0.2) is 13.8 Å². The Morgan fingerprint density at radius 1 is 1.15 bits per heavy atom. The largest absolute Gasteiger partial charge is 0.382 e. The molecule has 0 aliphatic heterocycles. The van der Waals surface area contributed by atoms with E-state index in [0.717, 1.165) is 22.8 Å². The van der Waals surface area contributed by atoms with Crippen molar-refractivity contribution < 1.29 is 8.78 Å². The highest BCUT2D eigenvalue weighted by atomic mass is 35.5. The number of benzene rings is 2. The van der Waals surface area contributed by atoms with Crippen molar-refractivity contribution in [2.75, 3.05) is 23.3 Å². The van der Waals surface area contributed by atoms with Gasteiger partial charge < -0.3 is 16.8 Å². The summed E-state index contributed by atoms with van der Waals surface area (Å²) >= 11 is 5.97. The molecule has 12 heteroatoms. The average molecular weight is 469 g/mol. The summed E-state index contributed by atoms with van der Waals surface area (Å²) in [4.78, 5) is 25.3. The Balaban J connectivity index is 1.79. The van der Waals surface area contributed by atoms with Crippen LogP contribution in [0.1, 0.15) is 11.4 Å². The summed E-state index contributed by atoms with van der Waals surface area (Å²) in [5, 5.41) is 12.0. The Morgan fingerprint density at radius 3 is 2.67 bits per heavy atom. The maximum absolute atomic E-state index is 14.4. The number of rotatable bonds is 5. The molecule has 0 amide bonds. The number of nitriles is 1. The topological polar surface area (TPSA) is 149 Å². The minimum absolute atomic E-state index is 0.00652. The van der Waals surface area contributed by atoms with Crippen molar-refractivity contribution in [2.45, 2.75) is 6.42 Å². The summed E-state index contributed by atoms with van der Waals surface area (Å²) in [6.45, 7) is 0.126. The molecule has 0 bridgehead atoms. The molecule has 0 fully saturated rings. The lowest BCUT2D eigenvalue weighted by atomic mass is 10.2. The van der Waals surface area contributed by atoms with Crippen molar-refractivity contribution in [1.29, 1.82) is 5.26 Å². The van der Waals surface area contributed by atoms with Crippen molar-refractivity contribution in [3.05, 3.63) is 74.8 Å². The van der Waals surface area contributed by atoms with Gasteiger partial charge in [0.1, 0.15) is 40.3 Å². The summed E-state index contributed by atoms with van der Waals surface area (Å²) in [6.07, 6.45) is 0.102. The number of aromatic nitrogens is 4. The second-order valence-electron chi connectivity index (χ2n) is 6.91. The second-order valence-corrected chi connectivity index (χ2v) is 7.35. The Bertz CT molecular complexity index is 1480. The Morgan fingerprint density at radius 2 is 1.94 bits per heavy atom. The lowest BCUT2D eigenvalue weighted by Crippen LogP contribution is -2.26. The first kappa shape index (κ1) is 21.9. The summed E-state index contributed by atoms with van der Waals surface area (Å²) in [6, 6.07) is 9.52. The van der Waals surface area contributed by atoms with E-state index in [1.165, 1.54) is 18.2 Å². The summed E-state index contributed by atoms with van der Waals surface area (Å²) in [7, 11) is 0. The average Bonchev–Trinajstić information content (AvgIpc) is 2.72. The Hall–Kier alpha value is -4.30. The molecule has 2 aromatic heterocycles. The SMILES string of the molecule is N#Cc1c(N)nc(N)nc1NCCc1nc2cccc(F)c2c(=O)n1-c1cc(F)cc(Cl)c1. The lowest BCUT2D eigenvalue weighted by molar-refractivity contribution is 0.625. The van der Waals surface area contributed by atoms with Crippen LogP contribution in [-0.2, 0) is 6.42 Å². The van der Waals surface area contributed by atoms with Crippen LogP contribution >= 0.6 is 11.6 Å². The maximum atomic E-state index is 14.4. The fourth-order valence-corrected chi connectivity index (χ4v) is 3.58. The van der Waals surface area contributed by atoms with E-state index in [0.29, 0.717) is 0 Å². The number of hydrogen-bond acceptors (Lipinski definition) is 8. The zero-order valence-corrected chi connectivity index (χ0v) is 17.6. The van der Waals surface area contributed by atoms with Gasteiger partial charge in [-0.2, -0.15) is 15.2 Å². The van der Waals surface area contributed by atoms with E-state index in [1.54, 1.807) is 0 Å². The molecule has 0 radical (unpaired) electrons. The molecule has 0 aliphatic rings. The van der Waals surface area contributed by atoms with Crippen LogP contribution in [0.4, 0.5) is 26.4 Å². The first-order chi connectivity index (χ1) is 15.8. The van der Waals surface area contributed by atoms with E-state index in [9.17, 15) is 18.8 Å². The van der Waals surface area contributed by atoms with Crippen LogP contribution in [0.5, 0.6) is 0 Å². The molecule has 0 unspecified atom stereocenters. The molecule has 0 spiro atoms. The van der Waals surface area contributed by atoms with Crippen LogP contribution in [0.15, 0.2) is 41.2 Å². The number of fused-ring (bicyclic) bond motifs is 1. The number of anilines is 3. The highest BCUT2D eigenvalue weighted by Crippen LogP contribution is 2.21. The molecule has 166 valence electrons. The Kier molecular flexibility index (Phi) is 5.76. The van der Waals surface area contributed by atoms with Crippen molar-refractivity contribution in [3.63, 3.8) is 0 Å². The maximum Gasteiger partial charge on any atom is 0.268 e. The molecular formula is C21H15ClF2N8O. The van der Waals surface area contributed by atoms with Gasteiger partial charge in [-0.1, -0.05) is 17.7 Å². The van der Waals surface area contributed by atoms with Crippen molar-refractivity contribution >= 4 is 40.1 Å². The number of hydrogen-bond donors (Lipinski definition) is 3. The van der Waals surface area contributed by atoms with Gasteiger partial charge in [0.25, 0.3) is 5.56 Å². The van der Waals surface area contributed by atoms with Gasteiger partial charge in [-0.3, -0.25) is 9.36 Å². The highest BCUT2D eigenvalue weighted by molar-refractivity contribution is 6.30. The first-order valence-electron chi connectivity index (χ1n) is 9.52. The van der Waals surface area contributed by atoms with Crippen molar-refractivity contribution in [1.82, 2.24) is 19.5 Å². The lowest BCUT2D eigenvalue weighted by Gasteiger charge is -2.15. The van der Waals surface area contributed by atoms with Crippen LogP contribution in [0.3, 0.4) is 0 Å². The highest BCUT2D eigenvalue weighted by Gasteiger charge is 2.17. The molecule has 2 heterocycles. The van der Waals surface area contributed by atoms with Gasteiger partial charge >= 0.3 is 0 Å². The van der Waals surface area contributed by atoms with Crippen molar-refractivity contribution in [3.8, 4) is 11.8 Å². The van der Waals surface area contributed by atoms with Gasteiger partial charge in [0.15, 0.2) is 5.82 Å². The van der Waals surface area contributed by atoms with Gasteiger partial charge in [-0.05, 0) is 30.3 Å². The zero-order valence-electron chi connectivity index (χ0n) is 16.8. The van der Waals surface area contributed by atoms with Crippen LogP contribution in [0, 0.1) is 23.0 Å². The minimum atomic E-state index is -0.753. The normalized spacial score (nSPS) is 10.8. The predicted octanol–water partition coefficient (Wildman–Crippen LogP) is 2.80.